The minimum absolute atomic E-state index is 0.0426. The fourth-order valence-corrected chi connectivity index (χ4v) is 6.06. The van der Waals surface area contributed by atoms with E-state index in [9.17, 15) is 9.59 Å². The average Bonchev–Trinajstić information content (AvgIpc) is 3.55. The van der Waals surface area contributed by atoms with Gasteiger partial charge >= 0.3 is 0 Å². The first-order valence-electron chi connectivity index (χ1n) is 11.7. The van der Waals surface area contributed by atoms with Crippen LogP contribution in [-0.4, -0.2) is 29.4 Å². The summed E-state index contributed by atoms with van der Waals surface area (Å²) in [6.45, 7) is 2.54. The molecule has 170 valence electrons. The molecule has 1 fully saturated rings. The lowest BCUT2D eigenvalue weighted by Crippen LogP contribution is -2.49. The van der Waals surface area contributed by atoms with Crippen LogP contribution in [0.4, 0.5) is 5.69 Å². The highest BCUT2D eigenvalue weighted by molar-refractivity contribution is 7.10. The number of carbonyl (C=O) groups excluding carboxylic acids is 2. The van der Waals surface area contributed by atoms with Crippen molar-refractivity contribution in [2.45, 2.75) is 50.6 Å². The Labute approximate surface area is 198 Å². The van der Waals surface area contributed by atoms with E-state index in [2.05, 4.69) is 11.4 Å². The fourth-order valence-electron chi connectivity index (χ4n) is 5.20. The summed E-state index contributed by atoms with van der Waals surface area (Å²) >= 11 is 1.61. The van der Waals surface area contributed by atoms with Gasteiger partial charge in [-0.25, -0.2) is 0 Å². The van der Waals surface area contributed by atoms with Gasteiger partial charge in [-0.1, -0.05) is 37.1 Å². The Morgan fingerprint density at radius 3 is 2.52 bits per heavy atom. The molecule has 2 aromatic carbocycles. The second kappa shape index (κ2) is 9.40. The highest BCUT2D eigenvalue weighted by atomic mass is 32.1. The highest BCUT2D eigenvalue weighted by Gasteiger charge is 2.47. The number of nitrogens with one attached hydrogen (secondary N) is 1. The lowest BCUT2D eigenvalue weighted by Gasteiger charge is -2.44. The standard InChI is InChI=1S/C27H28N2O3S/c1-2-32-20-15-13-18(14-16-20)28-26(30)24-21-10-5-6-11-22(21)27(31)29(19-8-3-4-9-19)25(24)23-12-7-17-33-23/h5-7,10-17,19,24-25H,2-4,8-9H2,1H3,(H,28,30)/t24-,25+/m0/s1. The number of carbonyl (C=O) groups is 2. The summed E-state index contributed by atoms with van der Waals surface area (Å²) in [7, 11) is 0. The van der Waals surface area contributed by atoms with E-state index in [1.54, 1.807) is 11.3 Å². The normalized spacial score (nSPS) is 20.5. The molecule has 3 aromatic rings. The van der Waals surface area contributed by atoms with E-state index in [-0.39, 0.29) is 23.9 Å². The number of ether oxygens (including phenoxy) is 1. The molecule has 0 unspecified atom stereocenters. The van der Waals surface area contributed by atoms with Crippen LogP contribution >= 0.6 is 11.3 Å². The molecule has 2 aliphatic rings. The topological polar surface area (TPSA) is 58.6 Å². The Kier molecular flexibility index (Phi) is 6.18. The summed E-state index contributed by atoms with van der Waals surface area (Å²) in [6.07, 6.45) is 4.22. The number of fused-ring (bicyclic) bond motifs is 1. The molecule has 0 radical (unpaired) electrons. The van der Waals surface area contributed by atoms with Crippen LogP contribution in [0, 0.1) is 0 Å². The number of nitrogens with zero attached hydrogens (tertiary/aromatic N) is 1. The molecule has 5 nitrogen and oxygen atoms in total. The maximum absolute atomic E-state index is 13.8. The summed E-state index contributed by atoms with van der Waals surface area (Å²) in [5.41, 5.74) is 2.16. The zero-order valence-corrected chi connectivity index (χ0v) is 19.5. The molecule has 1 aliphatic heterocycles. The molecular weight excluding hydrogens is 432 g/mol. The number of hydrogen-bond donors (Lipinski definition) is 1. The van der Waals surface area contributed by atoms with E-state index in [0.29, 0.717) is 12.2 Å². The Balaban J connectivity index is 1.55. The Bertz CT molecular complexity index is 1120. The van der Waals surface area contributed by atoms with E-state index < -0.39 is 5.92 Å². The van der Waals surface area contributed by atoms with Crippen molar-refractivity contribution in [2.24, 2.45) is 0 Å². The number of anilines is 1. The van der Waals surface area contributed by atoms with Gasteiger partial charge < -0.3 is 15.0 Å². The molecule has 5 rings (SSSR count). The van der Waals surface area contributed by atoms with Crippen molar-refractivity contribution in [1.82, 2.24) is 4.90 Å². The molecule has 1 aliphatic carbocycles. The maximum Gasteiger partial charge on any atom is 0.254 e. The van der Waals surface area contributed by atoms with Gasteiger partial charge in [-0.3, -0.25) is 9.59 Å². The van der Waals surface area contributed by atoms with Crippen LogP contribution in [0.25, 0.3) is 0 Å². The molecule has 2 amide bonds. The van der Waals surface area contributed by atoms with Crippen molar-refractivity contribution < 1.29 is 14.3 Å². The zero-order valence-electron chi connectivity index (χ0n) is 18.7. The van der Waals surface area contributed by atoms with Crippen molar-refractivity contribution in [2.75, 3.05) is 11.9 Å². The van der Waals surface area contributed by atoms with Gasteiger partial charge in [0.15, 0.2) is 0 Å². The maximum atomic E-state index is 13.8. The van der Waals surface area contributed by atoms with E-state index in [0.717, 1.165) is 47.6 Å². The van der Waals surface area contributed by atoms with Gasteiger partial charge in [0.25, 0.3) is 5.91 Å². The largest absolute Gasteiger partial charge is 0.494 e. The van der Waals surface area contributed by atoms with Crippen molar-refractivity contribution in [3.63, 3.8) is 0 Å². The number of rotatable bonds is 6. The average molecular weight is 461 g/mol. The predicted octanol–water partition coefficient (Wildman–Crippen LogP) is 6.01. The number of amides is 2. The first-order chi connectivity index (χ1) is 16.2. The summed E-state index contributed by atoms with van der Waals surface area (Å²) in [5, 5.41) is 5.13. The van der Waals surface area contributed by atoms with Gasteiger partial charge in [-0.2, -0.15) is 0 Å². The third kappa shape index (κ3) is 4.15. The van der Waals surface area contributed by atoms with Crippen molar-refractivity contribution in [3.8, 4) is 5.75 Å². The quantitative estimate of drug-likeness (QED) is 0.490. The van der Waals surface area contributed by atoms with Crippen LogP contribution in [0.1, 0.15) is 65.4 Å². The third-order valence-electron chi connectivity index (χ3n) is 6.64. The lowest BCUT2D eigenvalue weighted by atomic mass is 9.80. The van der Waals surface area contributed by atoms with Gasteiger partial charge in [0.2, 0.25) is 5.91 Å². The fraction of sp³-hybridized carbons (Fsp3) is 0.333. The van der Waals surface area contributed by atoms with Crippen LogP contribution in [0.3, 0.4) is 0 Å². The Morgan fingerprint density at radius 2 is 1.82 bits per heavy atom. The van der Waals surface area contributed by atoms with Crippen LogP contribution in [0.5, 0.6) is 5.75 Å². The molecule has 2 heterocycles. The van der Waals surface area contributed by atoms with Gasteiger partial charge in [0.05, 0.1) is 18.6 Å². The van der Waals surface area contributed by atoms with Gasteiger partial charge in [-0.05, 0) is 67.1 Å². The zero-order chi connectivity index (χ0) is 22.8. The van der Waals surface area contributed by atoms with Crippen molar-refractivity contribution in [3.05, 3.63) is 82.0 Å². The molecule has 0 saturated heterocycles. The van der Waals surface area contributed by atoms with E-state index in [1.165, 1.54) is 0 Å². The molecular formula is C27H28N2O3S. The molecule has 1 saturated carbocycles. The van der Waals surface area contributed by atoms with Crippen molar-refractivity contribution >= 4 is 28.8 Å². The number of hydrogen-bond acceptors (Lipinski definition) is 4. The minimum atomic E-state index is -0.482. The van der Waals surface area contributed by atoms with Crippen LogP contribution < -0.4 is 10.1 Å². The Hall–Kier alpha value is -3.12. The van der Waals surface area contributed by atoms with Crippen LogP contribution in [-0.2, 0) is 4.79 Å². The first kappa shape index (κ1) is 21.7. The Morgan fingerprint density at radius 1 is 1.06 bits per heavy atom. The van der Waals surface area contributed by atoms with Gasteiger partial charge in [-0.15, -0.1) is 11.3 Å². The molecule has 0 spiro atoms. The molecule has 1 aromatic heterocycles. The van der Waals surface area contributed by atoms with E-state index in [4.69, 9.17) is 4.74 Å². The molecule has 2 atom stereocenters. The highest BCUT2D eigenvalue weighted by Crippen LogP contribution is 2.47. The monoisotopic (exact) mass is 460 g/mol. The number of benzene rings is 2. The summed E-state index contributed by atoms with van der Waals surface area (Å²) < 4.78 is 5.52. The van der Waals surface area contributed by atoms with Crippen LogP contribution in [0.15, 0.2) is 66.0 Å². The second-order valence-electron chi connectivity index (χ2n) is 8.62. The smallest absolute Gasteiger partial charge is 0.254 e. The molecule has 1 N–H and O–H groups in total. The second-order valence-corrected chi connectivity index (χ2v) is 9.60. The van der Waals surface area contributed by atoms with Crippen molar-refractivity contribution in [1.29, 1.82) is 0 Å². The summed E-state index contributed by atoms with van der Waals surface area (Å²) in [6, 6.07) is 18.9. The molecule has 6 heteroatoms. The van der Waals surface area contributed by atoms with E-state index in [1.807, 2.05) is 71.8 Å². The van der Waals surface area contributed by atoms with Gasteiger partial charge in [0, 0.05) is 22.2 Å². The van der Waals surface area contributed by atoms with Gasteiger partial charge in [0.1, 0.15) is 5.75 Å². The lowest BCUT2D eigenvalue weighted by molar-refractivity contribution is -0.119. The summed E-state index contributed by atoms with van der Waals surface area (Å²) in [4.78, 5) is 30.6. The third-order valence-corrected chi connectivity index (χ3v) is 7.59. The SMILES string of the molecule is CCOc1ccc(NC(=O)[C@H]2c3ccccc3C(=O)N(C3CCCC3)[C@@H]2c2cccs2)cc1. The minimum Gasteiger partial charge on any atom is -0.494 e. The number of thiophene rings is 1. The summed E-state index contributed by atoms with van der Waals surface area (Å²) in [5.74, 6) is 0.235. The molecule has 0 bridgehead atoms. The predicted molar refractivity (Wildman–Crippen MR) is 131 cm³/mol. The van der Waals surface area contributed by atoms with E-state index >= 15 is 0 Å². The first-order valence-corrected chi connectivity index (χ1v) is 12.5. The van der Waals surface area contributed by atoms with Crippen LogP contribution in [0.2, 0.25) is 0 Å². The molecule has 33 heavy (non-hydrogen) atoms.